The molecule has 90 valence electrons. The number of nitrogens with zero attached hydrogens (tertiary/aromatic N) is 4. The zero-order valence-electron chi connectivity index (χ0n) is 9.92. The van der Waals surface area contributed by atoms with Gasteiger partial charge in [-0.15, -0.1) is 5.10 Å². The molecule has 0 saturated heterocycles. The fourth-order valence-corrected chi connectivity index (χ4v) is 1.53. The first-order valence-corrected chi connectivity index (χ1v) is 5.52. The average molecular weight is 226 g/mol. The number of hydrogen-bond acceptors (Lipinski definition) is 4. The minimum absolute atomic E-state index is 0.0313. The quantitative estimate of drug-likeness (QED) is 0.790. The van der Waals surface area contributed by atoms with Gasteiger partial charge in [0.05, 0.1) is 0 Å². The molecule has 0 aliphatic carbocycles. The number of tetrazole rings is 1. The van der Waals surface area contributed by atoms with Gasteiger partial charge in [0.1, 0.15) is 0 Å². The van der Waals surface area contributed by atoms with E-state index in [2.05, 4.69) is 29.4 Å². The van der Waals surface area contributed by atoms with Crippen LogP contribution in [0.4, 0.5) is 0 Å². The van der Waals surface area contributed by atoms with Crippen LogP contribution in [0.15, 0.2) is 0 Å². The van der Waals surface area contributed by atoms with Crippen molar-refractivity contribution in [2.45, 2.75) is 46.1 Å². The third-order valence-electron chi connectivity index (χ3n) is 2.62. The van der Waals surface area contributed by atoms with E-state index in [0.717, 1.165) is 12.2 Å². The molecule has 1 heterocycles. The molecule has 1 rings (SSSR count). The monoisotopic (exact) mass is 226 g/mol. The van der Waals surface area contributed by atoms with Crippen LogP contribution in [0.1, 0.15) is 45.4 Å². The molecule has 0 aliphatic rings. The van der Waals surface area contributed by atoms with E-state index >= 15 is 0 Å². The molecule has 2 atom stereocenters. The Morgan fingerprint density at radius 3 is 2.75 bits per heavy atom. The topological polar surface area (TPSA) is 80.9 Å². The lowest BCUT2D eigenvalue weighted by Gasteiger charge is -2.12. The summed E-state index contributed by atoms with van der Waals surface area (Å²) in [5.41, 5.74) is 0. The van der Waals surface area contributed by atoms with E-state index in [1.165, 1.54) is 0 Å². The molecule has 6 heteroatoms. The Kier molecular flexibility index (Phi) is 4.39. The van der Waals surface area contributed by atoms with Crippen molar-refractivity contribution in [2.75, 3.05) is 0 Å². The molecule has 1 N–H and O–H groups in total. The van der Waals surface area contributed by atoms with E-state index in [0.29, 0.717) is 12.5 Å². The van der Waals surface area contributed by atoms with Crippen molar-refractivity contribution < 1.29 is 9.90 Å². The van der Waals surface area contributed by atoms with Crippen molar-refractivity contribution in [1.82, 2.24) is 20.2 Å². The van der Waals surface area contributed by atoms with Crippen molar-refractivity contribution in [3.63, 3.8) is 0 Å². The first-order chi connectivity index (χ1) is 7.54. The van der Waals surface area contributed by atoms with Gasteiger partial charge in [0.15, 0.2) is 5.82 Å². The summed E-state index contributed by atoms with van der Waals surface area (Å²) in [6.45, 7) is 6.57. The fraction of sp³-hybridized carbons (Fsp3) is 0.800. The summed E-state index contributed by atoms with van der Waals surface area (Å²) < 4.78 is 1.71. The molecule has 1 aromatic rings. The van der Waals surface area contributed by atoms with Crippen molar-refractivity contribution in [3.05, 3.63) is 5.82 Å². The minimum atomic E-state index is -0.786. The molecule has 0 radical (unpaired) electrons. The Balaban J connectivity index is 2.66. The van der Waals surface area contributed by atoms with Crippen LogP contribution in [0.5, 0.6) is 0 Å². The predicted octanol–water partition coefficient (Wildman–Crippen LogP) is 1.30. The van der Waals surface area contributed by atoms with Gasteiger partial charge in [-0.25, -0.2) is 4.68 Å². The predicted molar refractivity (Wildman–Crippen MR) is 57.9 cm³/mol. The SMILES string of the molecule is CCC(C)c1nnnn1CC(C)CC(=O)O. The highest BCUT2D eigenvalue weighted by molar-refractivity contribution is 5.66. The van der Waals surface area contributed by atoms with Gasteiger partial charge in [-0.05, 0) is 22.8 Å². The molecule has 16 heavy (non-hydrogen) atoms. The van der Waals surface area contributed by atoms with Crippen LogP contribution in [-0.2, 0) is 11.3 Å². The Morgan fingerprint density at radius 1 is 1.50 bits per heavy atom. The maximum atomic E-state index is 10.6. The summed E-state index contributed by atoms with van der Waals surface area (Å²) in [6, 6.07) is 0. The molecule has 1 aromatic heterocycles. The van der Waals surface area contributed by atoms with Crippen LogP contribution in [-0.4, -0.2) is 31.3 Å². The van der Waals surface area contributed by atoms with Crippen LogP contribution in [0.3, 0.4) is 0 Å². The third-order valence-corrected chi connectivity index (χ3v) is 2.62. The summed E-state index contributed by atoms with van der Waals surface area (Å²) in [5.74, 6) is 0.376. The molecule has 2 unspecified atom stereocenters. The van der Waals surface area contributed by atoms with Gasteiger partial charge >= 0.3 is 5.97 Å². The number of carbonyl (C=O) groups is 1. The summed E-state index contributed by atoms with van der Waals surface area (Å²) >= 11 is 0. The summed E-state index contributed by atoms with van der Waals surface area (Å²) in [4.78, 5) is 10.6. The molecule has 6 nitrogen and oxygen atoms in total. The number of aromatic nitrogens is 4. The lowest BCUT2D eigenvalue weighted by atomic mass is 10.1. The van der Waals surface area contributed by atoms with Crippen molar-refractivity contribution in [2.24, 2.45) is 5.92 Å². The normalized spacial score (nSPS) is 14.7. The van der Waals surface area contributed by atoms with Crippen LogP contribution >= 0.6 is 0 Å². The molecule has 0 fully saturated rings. The van der Waals surface area contributed by atoms with Gasteiger partial charge in [-0.2, -0.15) is 0 Å². The van der Waals surface area contributed by atoms with Crippen LogP contribution in [0.25, 0.3) is 0 Å². The third kappa shape index (κ3) is 3.29. The smallest absolute Gasteiger partial charge is 0.303 e. The summed E-state index contributed by atoms with van der Waals surface area (Å²) in [6.07, 6.45) is 1.10. The zero-order valence-corrected chi connectivity index (χ0v) is 9.92. The van der Waals surface area contributed by atoms with E-state index in [1.54, 1.807) is 4.68 Å². The van der Waals surface area contributed by atoms with Gasteiger partial charge in [-0.3, -0.25) is 4.79 Å². The molecule has 0 aliphatic heterocycles. The molecule has 0 aromatic carbocycles. The average Bonchev–Trinajstić information content (AvgIpc) is 2.63. The number of rotatable bonds is 6. The lowest BCUT2D eigenvalue weighted by molar-refractivity contribution is -0.138. The van der Waals surface area contributed by atoms with Crippen LogP contribution < -0.4 is 0 Å². The summed E-state index contributed by atoms with van der Waals surface area (Å²) in [5, 5.41) is 20.2. The lowest BCUT2D eigenvalue weighted by Crippen LogP contribution is -2.16. The second-order valence-electron chi connectivity index (χ2n) is 4.23. The second kappa shape index (κ2) is 5.58. The van der Waals surface area contributed by atoms with Crippen molar-refractivity contribution in [1.29, 1.82) is 0 Å². The standard InChI is InChI=1S/C10H18N4O2/c1-4-8(3)10-11-12-13-14(10)6-7(2)5-9(15)16/h7-8H,4-6H2,1-3H3,(H,15,16). The van der Waals surface area contributed by atoms with Crippen LogP contribution in [0, 0.1) is 5.92 Å². The maximum absolute atomic E-state index is 10.6. The second-order valence-corrected chi connectivity index (χ2v) is 4.23. The molecule has 0 spiro atoms. The van der Waals surface area contributed by atoms with Gasteiger partial charge in [0.2, 0.25) is 0 Å². The van der Waals surface area contributed by atoms with Crippen LogP contribution in [0.2, 0.25) is 0 Å². The Morgan fingerprint density at radius 2 is 2.19 bits per heavy atom. The number of carboxylic acid groups (broad SMARTS) is 1. The first kappa shape index (κ1) is 12.6. The van der Waals surface area contributed by atoms with E-state index in [1.807, 2.05) is 6.92 Å². The van der Waals surface area contributed by atoms with E-state index < -0.39 is 5.97 Å². The molecular weight excluding hydrogens is 208 g/mol. The number of hydrogen-bond donors (Lipinski definition) is 1. The number of carboxylic acids is 1. The van der Waals surface area contributed by atoms with Gasteiger partial charge in [-0.1, -0.05) is 20.8 Å². The van der Waals surface area contributed by atoms with E-state index in [9.17, 15) is 4.79 Å². The molecule has 0 amide bonds. The highest BCUT2D eigenvalue weighted by Gasteiger charge is 2.16. The molecule has 0 bridgehead atoms. The minimum Gasteiger partial charge on any atom is -0.481 e. The van der Waals surface area contributed by atoms with E-state index in [-0.39, 0.29) is 12.3 Å². The zero-order chi connectivity index (χ0) is 12.1. The van der Waals surface area contributed by atoms with Crippen molar-refractivity contribution in [3.8, 4) is 0 Å². The summed E-state index contributed by atoms with van der Waals surface area (Å²) in [7, 11) is 0. The van der Waals surface area contributed by atoms with Gasteiger partial charge in [0.25, 0.3) is 0 Å². The molecule has 0 saturated carbocycles. The number of aliphatic carboxylic acids is 1. The Hall–Kier alpha value is -1.46. The molecular formula is C10H18N4O2. The fourth-order valence-electron chi connectivity index (χ4n) is 1.53. The largest absolute Gasteiger partial charge is 0.481 e. The highest BCUT2D eigenvalue weighted by atomic mass is 16.4. The van der Waals surface area contributed by atoms with E-state index in [4.69, 9.17) is 5.11 Å². The van der Waals surface area contributed by atoms with Crippen molar-refractivity contribution >= 4 is 5.97 Å². The Bertz CT molecular complexity index is 350. The first-order valence-electron chi connectivity index (χ1n) is 5.52. The maximum Gasteiger partial charge on any atom is 0.303 e. The Labute approximate surface area is 94.7 Å². The van der Waals surface area contributed by atoms with Gasteiger partial charge < -0.3 is 5.11 Å². The highest BCUT2D eigenvalue weighted by Crippen LogP contribution is 2.16. The van der Waals surface area contributed by atoms with Gasteiger partial charge in [0, 0.05) is 18.9 Å².